The van der Waals surface area contributed by atoms with Gasteiger partial charge < -0.3 is 4.90 Å². The van der Waals surface area contributed by atoms with Gasteiger partial charge in [0.25, 0.3) is 0 Å². The number of piperazine rings is 1. The molecule has 5 rings (SSSR count). The maximum absolute atomic E-state index is 12.9. The molecule has 0 atom stereocenters. The monoisotopic (exact) mass is 439 g/mol. The van der Waals surface area contributed by atoms with E-state index in [-0.39, 0.29) is 0 Å². The average molecular weight is 440 g/mol. The average Bonchev–Trinajstić information content (AvgIpc) is 3.27. The minimum atomic E-state index is -3.40. The number of anilines is 1. The summed E-state index contributed by atoms with van der Waals surface area (Å²) in [6.45, 7) is 4.89. The molecule has 2 aromatic carbocycles. The van der Waals surface area contributed by atoms with Crippen LogP contribution in [0.4, 0.5) is 5.69 Å². The van der Waals surface area contributed by atoms with Gasteiger partial charge in [0.2, 0.25) is 10.0 Å². The molecule has 0 radical (unpaired) electrons. The van der Waals surface area contributed by atoms with Crippen LogP contribution < -0.4 is 4.90 Å². The first kappa shape index (κ1) is 21.0. The molecular formula is C25H33N3O2S. The van der Waals surface area contributed by atoms with Gasteiger partial charge in [0.05, 0.1) is 4.90 Å². The number of fused-ring (bicyclic) bond motifs is 1. The SMILES string of the molecule is O=S(=O)(c1ccccc1)N1CCN(c2ccc3c(c2)CCN(C2CCCC2)CC3)CC1. The summed E-state index contributed by atoms with van der Waals surface area (Å²) in [5, 5.41) is 0. The minimum absolute atomic E-state index is 0.389. The van der Waals surface area contributed by atoms with E-state index in [1.807, 2.05) is 6.07 Å². The van der Waals surface area contributed by atoms with E-state index in [0.29, 0.717) is 18.0 Å². The highest BCUT2D eigenvalue weighted by Crippen LogP contribution is 2.29. The molecule has 2 aliphatic heterocycles. The molecule has 1 saturated carbocycles. The van der Waals surface area contributed by atoms with Crippen molar-refractivity contribution in [2.45, 2.75) is 49.5 Å². The van der Waals surface area contributed by atoms with Crippen molar-refractivity contribution in [2.75, 3.05) is 44.2 Å². The van der Waals surface area contributed by atoms with Crippen LogP contribution in [0.15, 0.2) is 53.4 Å². The zero-order valence-electron chi connectivity index (χ0n) is 18.2. The number of rotatable bonds is 4. The van der Waals surface area contributed by atoms with E-state index in [2.05, 4.69) is 28.0 Å². The van der Waals surface area contributed by atoms with Crippen LogP contribution in [0.25, 0.3) is 0 Å². The molecule has 0 aromatic heterocycles. The van der Waals surface area contributed by atoms with Crippen molar-refractivity contribution >= 4 is 15.7 Å². The maximum atomic E-state index is 12.9. The molecule has 0 unspecified atom stereocenters. The molecule has 0 amide bonds. The van der Waals surface area contributed by atoms with Gasteiger partial charge in [-0.3, -0.25) is 4.90 Å². The Bertz CT molecular complexity index is 995. The fourth-order valence-corrected chi connectivity index (χ4v) is 6.93. The molecule has 0 N–H and O–H groups in total. The number of sulfonamides is 1. The number of benzene rings is 2. The zero-order chi connectivity index (χ0) is 21.3. The number of nitrogens with zero attached hydrogens (tertiary/aromatic N) is 3. The molecule has 2 aromatic rings. The van der Waals surface area contributed by atoms with Gasteiger partial charge in [0.1, 0.15) is 0 Å². The van der Waals surface area contributed by atoms with Gasteiger partial charge in [0, 0.05) is 51.0 Å². The van der Waals surface area contributed by atoms with Gasteiger partial charge in [-0.25, -0.2) is 8.42 Å². The van der Waals surface area contributed by atoms with Gasteiger partial charge >= 0.3 is 0 Å². The summed E-state index contributed by atoms with van der Waals surface area (Å²) in [4.78, 5) is 5.46. The predicted octanol–water partition coefficient (Wildman–Crippen LogP) is 3.54. The van der Waals surface area contributed by atoms with Gasteiger partial charge in [-0.1, -0.05) is 37.1 Å². The highest BCUT2D eigenvalue weighted by molar-refractivity contribution is 7.89. The fraction of sp³-hybridized carbons (Fsp3) is 0.520. The van der Waals surface area contributed by atoms with Crippen LogP contribution in [-0.4, -0.2) is 62.9 Å². The van der Waals surface area contributed by atoms with E-state index >= 15 is 0 Å². The van der Waals surface area contributed by atoms with Crippen LogP contribution in [0.2, 0.25) is 0 Å². The van der Waals surface area contributed by atoms with Gasteiger partial charge in [-0.15, -0.1) is 0 Å². The lowest BCUT2D eigenvalue weighted by Gasteiger charge is -2.35. The number of hydrogen-bond acceptors (Lipinski definition) is 4. The van der Waals surface area contributed by atoms with E-state index in [0.717, 1.165) is 32.0 Å². The lowest BCUT2D eigenvalue weighted by molar-refractivity contribution is 0.208. The third-order valence-electron chi connectivity index (χ3n) is 7.35. The Labute approximate surface area is 186 Å². The summed E-state index contributed by atoms with van der Waals surface area (Å²) in [5.74, 6) is 0. The summed E-state index contributed by atoms with van der Waals surface area (Å²) >= 11 is 0. The Morgan fingerprint density at radius 1 is 0.742 bits per heavy atom. The molecule has 2 heterocycles. The summed E-state index contributed by atoms with van der Waals surface area (Å²) in [6, 6.07) is 16.5. The largest absolute Gasteiger partial charge is 0.369 e. The molecule has 1 aliphatic carbocycles. The van der Waals surface area contributed by atoms with Gasteiger partial charge in [0.15, 0.2) is 0 Å². The topological polar surface area (TPSA) is 43.9 Å². The Balaban J connectivity index is 1.24. The molecule has 2 fully saturated rings. The Kier molecular flexibility index (Phi) is 6.04. The van der Waals surface area contributed by atoms with Crippen molar-refractivity contribution in [1.29, 1.82) is 0 Å². The summed E-state index contributed by atoms with van der Waals surface area (Å²) in [5.41, 5.74) is 4.22. The van der Waals surface area contributed by atoms with E-state index in [1.165, 1.54) is 55.6 Å². The molecule has 1 saturated heterocycles. The van der Waals surface area contributed by atoms with Crippen LogP contribution in [0.1, 0.15) is 36.8 Å². The Morgan fingerprint density at radius 3 is 2.13 bits per heavy atom. The first-order valence-corrected chi connectivity index (χ1v) is 13.2. The Hall–Kier alpha value is -1.89. The first-order valence-electron chi connectivity index (χ1n) is 11.8. The van der Waals surface area contributed by atoms with Crippen molar-refractivity contribution in [1.82, 2.24) is 9.21 Å². The first-order chi connectivity index (χ1) is 15.1. The molecule has 6 heteroatoms. The van der Waals surface area contributed by atoms with Crippen LogP contribution in [0.3, 0.4) is 0 Å². The predicted molar refractivity (Wildman–Crippen MR) is 125 cm³/mol. The van der Waals surface area contributed by atoms with Crippen LogP contribution in [-0.2, 0) is 22.9 Å². The second-order valence-corrected chi connectivity index (χ2v) is 11.1. The van der Waals surface area contributed by atoms with Gasteiger partial charge in [-0.2, -0.15) is 4.31 Å². The number of hydrogen-bond donors (Lipinski definition) is 0. The smallest absolute Gasteiger partial charge is 0.243 e. The molecule has 31 heavy (non-hydrogen) atoms. The van der Waals surface area contributed by atoms with Crippen molar-refractivity contribution in [2.24, 2.45) is 0 Å². The molecule has 0 bridgehead atoms. The summed E-state index contributed by atoms with van der Waals surface area (Å²) in [7, 11) is -3.40. The Morgan fingerprint density at radius 2 is 1.42 bits per heavy atom. The second-order valence-electron chi connectivity index (χ2n) is 9.13. The van der Waals surface area contributed by atoms with E-state index < -0.39 is 10.0 Å². The fourth-order valence-electron chi connectivity index (χ4n) is 5.49. The van der Waals surface area contributed by atoms with E-state index in [9.17, 15) is 8.42 Å². The normalized spacial score (nSPS) is 21.7. The van der Waals surface area contributed by atoms with Crippen LogP contribution in [0.5, 0.6) is 0 Å². The van der Waals surface area contributed by atoms with E-state index in [4.69, 9.17) is 0 Å². The lowest BCUT2D eigenvalue weighted by atomic mass is 10.0. The second kappa shape index (κ2) is 8.93. The third-order valence-corrected chi connectivity index (χ3v) is 9.27. The minimum Gasteiger partial charge on any atom is -0.369 e. The van der Waals surface area contributed by atoms with Crippen molar-refractivity contribution in [3.8, 4) is 0 Å². The van der Waals surface area contributed by atoms with E-state index in [1.54, 1.807) is 28.6 Å². The van der Waals surface area contributed by atoms with Crippen LogP contribution in [0, 0.1) is 0 Å². The molecule has 3 aliphatic rings. The zero-order valence-corrected chi connectivity index (χ0v) is 19.1. The van der Waals surface area contributed by atoms with Crippen molar-refractivity contribution in [3.63, 3.8) is 0 Å². The molecule has 5 nitrogen and oxygen atoms in total. The summed E-state index contributed by atoms with van der Waals surface area (Å²) < 4.78 is 27.4. The highest BCUT2D eigenvalue weighted by atomic mass is 32.2. The van der Waals surface area contributed by atoms with Gasteiger partial charge in [-0.05, 0) is 61.1 Å². The lowest BCUT2D eigenvalue weighted by Crippen LogP contribution is -2.48. The standard InChI is InChI=1S/C25H33N3O2S/c29-31(30,25-8-2-1-3-9-25)28-18-16-27(17-19-28)24-11-10-21-12-14-26(15-13-22(21)20-24)23-6-4-5-7-23/h1-3,8-11,20,23H,4-7,12-19H2. The maximum Gasteiger partial charge on any atom is 0.243 e. The van der Waals surface area contributed by atoms with Crippen molar-refractivity contribution < 1.29 is 8.42 Å². The van der Waals surface area contributed by atoms with Crippen molar-refractivity contribution in [3.05, 3.63) is 59.7 Å². The molecule has 166 valence electrons. The quantitative estimate of drug-likeness (QED) is 0.731. The molecule has 0 spiro atoms. The highest BCUT2D eigenvalue weighted by Gasteiger charge is 2.29. The summed E-state index contributed by atoms with van der Waals surface area (Å²) in [6.07, 6.45) is 7.81. The third kappa shape index (κ3) is 4.38. The van der Waals surface area contributed by atoms with Crippen LogP contribution >= 0.6 is 0 Å². The molecular weight excluding hydrogens is 406 g/mol.